The molecule has 0 amide bonds. The number of nitrogens with zero attached hydrogens (tertiary/aromatic N) is 3. The second-order valence-electron chi connectivity index (χ2n) is 18.5. The number of pyridine rings is 1. The van der Waals surface area contributed by atoms with Crippen molar-refractivity contribution >= 4 is 11.0 Å². The van der Waals surface area contributed by atoms with Gasteiger partial charge in [-0.2, -0.15) is 0 Å². The normalized spacial score (nSPS) is 12.7. The van der Waals surface area contributed by atoms with Gasteiger partial charge in [0.1, 0.15) is 11.6 Å². The molecule has 0 saturated heterocycles. The largest absolute Gasteiger partial charge is 0.507 e. The summed E-state index contributed by atoms with van der Waals surface area (Å²) in [5.74, 6) is 1.73. The molecule has 0 aliphatic heterocycles. The number of para-hydroxylation sites is 1. The van der Waals surface area contributed by atoms with Crippen molar-refractivity contribution in [1.29, 1.82) is 0 Å². The Hall–Kier alpha value is -5.57. The summed E-state index contributed by atoms with van der Waals surface area (Å²) in [6.07, 6.45) is 2.75. The van der Waals surface area contributed by atoms with Crippen LogP contribution in [0, 0.1) is 18.8 Å². The molecule has 0 radical (unpaired) electrons. The minimum Gasteiger partial charge on any atom is -0.507 e. The number of imidazole rings is 1. The summed E-state index contributed by atoms with van der Waals surface area (Å²) in [7, 11) is 0. The first-order valence-corrected chi connectivity index (χ1v) is 21.6. The number of fused-ring (bicyclic) bond motifs is 1. The van der Waals surface area contributed by atoms with Gasteiger partial charge in [0.15, 0.2) is 0 Å². The van der Waals surface area contributed by atoms with Crippen molar-refractivity contribution in [2.45, 2.75) is 92.8 Å². The fraction of sp³-hybridized carbons (Fsp3) is 0.263. The topological polar surface area (TPSA) is 50.9 Å². The minimum absolute atomic E-state index is 0. The monoisotopic (exact) mass is 998 g/mol. The number of aryl methyl sites for hydroxylation is 1. The van der Waals surface area contributed by atoms with Crippen LogP contribution in [0.2, 0.25) is 0 Å². The Kier molecular flexibility index (Phi) is 11.8. The standard InChI is InChI=1S/C57H58N3O.Pt/c1-35(2)27-39-21-24-52(49(28-39)41-15-12-11-13-16-41)60-53-18-14-17-47(54(53)59-56(60)50-33-43(36(3)4)32-48(37(5)6)55(50)61)44-29-45(31-46(30-44)57(8,9)10)51-34-42(25-26-58-51)40-22-19-38(7)20-23-40;/h11-26,28,30-37,61H,27H2,1-10H3;/q-1;/i7D3;. The fourth-order valence-corrected chi connectivity index (χ4v) is 8.30. The van der Waals surface area contributed by atoms with Crippen molar-refractivity contribution in [2.75, 3.05) is 0 Å². The van der Waals surface area contributed by atoms with E-state index in [4.69, 9.17) is 14.1 Å². The maximum Gasteiger partial charge on any atom is 0.148 e. The zero-order valence-corrected chi connectivity index (χ0v) is 39.5. The first kappa shape index (κ1) is 40.5. The number of phenols is 1. The van der Waals surface area contributed by atoms with Crippen LogP contribution in [0.5, 0.6) is 5.75 Å². The number of hydrogen-bond acceptors (Lipinski definition) is 3. The number of benzene rings is 6. The zero-order valence-electron chi connectivity index (χ0n) is 40.2. The number of rotatable bonds is 10. The third kappa shape index (κ3) is 8.99. The molecule has 1 N–H and O–H groups in total. The number of aromatic nitrogens is 3. The minimum atomic E-state index is -2.17. The van der Waals surface area contributed by atoms with Gasteiger partial charge in [-0.05, 0) is 100 Å². The molecule has 4 nitrogen and oxygen atoms in total. The number of hydrogen-bond donors (Lipinski definition) is 1. The van der Waals surface area contributed by atoms with Crippen LogP contribution in [0.3, 0.4) is 0 Å². The van der Waals surface area contributed by atoms with Crippen molar-refractivity contribution in [3.8, 4) is 67.5 Å². The molecule has 0 spiro atoms. The van der Waals surface area contributed by atoms with Crippen LogP contribution in [-0.4, -0.2) is 19.6 Å². The van der Waals surface area contributed by atoms with E-state index < -0.39 is 6.85 Å². The summed E-state index contributed by atoms with van der Waals surface area (Å²) < 4.78 is 25.8. The van der Waals surface area contributed by atoms with E-state index in [0.717, 1.165) is 84.5 Å². The van der Waals surface area contributed by atoms with Crippen LogP contribution in [-0.2, 0) is 32.9 Å². The molecule has 0 bridgehead atoms. The van der Waals surface area contributed by atoms with Crippen molar-refractivity contribution in [3.05, 3.63) is 167 Å². The number of aromatic hydroxyl groups is 1. The summed E-state index contributed by atoms with van der Waals surface area (Å²) in [6, 6.07) is 47.2. The van der Waals surface area contributed by atoms with Crippen molar-refractivity contribution in [2.24, 2.45) is 5.92 Å². The van der Waals surface area contributed by atoms with Crippen molar-refractivity contribution < 1.29 is 30.3 Å². The Bertz CT molecular complexity index is 2980. The Labute approximate surface area is 387 Å². The van der Waals surface area contributed by atoms with Gasteiger partial charge in [-0.25, -0.2) is 4.98 Å². The molecule has 62 heavy (non-hydrogen) atoms. The molecule has 8 aromatic rings. The Morgan fingerprint density at radius 1 is 0.694 bits per heavy atom. The van der Waals surface area contributed by atoms with Gasteiger partial charge in [-0.1, -0.05) is 164 Å². The van der Waals surface area contributed by atoms with Crippen molar-refractivity contribution in [1.82, 2.24) is 14.5 Å². The third-order valence-electron chi connectivity index (χ3n) is 11.7. The summed E-state index contributed by atoms with van der Waals surface area (Å²) in [6.45, 7) is 17.6. The van der Waals surface area contributed by atoms with Gasteiger partial charge in [0, 0.05) is 42.6 Å². The first-order chi connectivity index (χ1) is 30.4. The maximum absolute atomic E-state index is 12.3. The van der Waals surface area contributed by atoms with E-state index >= 15 is 0 Å². The van der Waals surface area contributed by atoms with E-state index in [1.165, 1.54) is 5.56 Å². The third-order valence-corrected chi connectivity index (χ3v) is 11.7. The summed E-state index contributed by atoms with van der Waals surface area (Å²) in [5.41, 5.74) is 15.4. The maximum atomic E-state index is 12.3. The average Bonchev–Trinajstić information content (AvgIpc) is 3.65. The average molecular weight is 999 g/mol. The van der Waals surface area contributed by atoms with Crippen LogP contribution < -0.4 is 0 Å². The molecule has 0 aliphatic carbocycles. The fourth-order valence-electron chi connectivity index (χ4n) is 8.30. The molecule has 6 aromatic carbocycles. The van der Waals surface area contributed by atoms with Gasteiger partial charge in [0.05, 0.1) is 22.3 Å². The molecule has 318 valence electrons. The van der Waals surface area contributed by atoms with E-state index in [1.807, 2.05) is 24.3 Å². The summed E-state index contributed by atoms with van der Waals surface area (Å²) in [5, 5.41) is 12.3. The molecular weight excluding hydrogens is 938 g/mol. The van der Waals surface area contributed by atoms with E-state index in [-0.39, 0.29) is 44.1 Å². The number of phenolic OH excluding ortho intramolecular Hbond substituents is 1. The molecule has 8 rings (SSSR count). The van der Waals surface area contributed by atoms with Gasteiger partial charge in [0.2, 0.25) is 0 Å². The zero-order chi connectivity index (χ0) is 45.7. The second kappa shape index (κ2) is 18.0. The van der Waals surface area contributed by atoms with Crippen LogP contribution in [0.4, 0.5) is 0 Å². The van der Waals surface area contributed by atoms with Crippen LogP contribution >= 0.6 is 0 Å². The molecule has 0 atom stereocenters. The molecule has 2 aromatic heterocycles. The SMILES string of the molecule is [2H]C([2H])([2H])c1ccc(-c2ccnc(-c3[c-]c(-c4cccc5c4nc(-c4cc(C(C)C)cc(C(C)C)c4O)n5-c4ccc(CC(C)C)cc4-c4ccccc4)cc(C(C)(C)C)c3)c2)cc1.[Pt]. The summed E-state index contributed by atoms with van der Waals surface area (Å²) in [4.78, 5) is 10.5. The Morgan fingerprint density at radius 3 is 2.11 bits per heavy atom. The summed E-state index contributed by atoms with van der Waals surface area (Å²) >= 11 is 0. The molecule has 0 saturated carbocycles. The quantitative estimate of drug-likeness (QED) is 0.139. The predicted octanol–water partition coefficient (Wildman–Crippen LogP) is 15.3. The second-order valence-corrected chi connectivity index (χ2v) is 18.5. The van der Waals surface area contributed by atoms with Crippen LogP contribution in [0.25, 0.3) is 72.7 Å². The van der Waals surface area contributed by atoms with Crippen LogP contribution in [0.1, 0.15) is 106 Å². The van der Waals surface area contributed by atoms with E-state index in [1.54, 1.807) is 18.3 Å². The smallest absolute Gasteiger partial charge is 0.148 e. The van der Waals surface area contributed by atoms with Gasteiger partial charge in [-0.3, -0.25) is 9.55 Å². The molecule has 5 heteroatoms. The Balaban J connectivity index is 0.00000630. The van der Waals surface area contributed by atoms with Crippen LogP contribution in [0.15, 0.2) is 134 Å². The van der Waals surface area contributed by atoms with Gasteiger partial charge < -0.3 is 5.11 Å². The van der Waals surface area contributed by atoms with Gasteiger partial charge >= 0.3 is 0 Å². The molecular formula is C57H58N3OPt-. The molecule has 0 aliphatic rings. The molecule has 2 heterocycles. The predicted molar refractivity (Wildman–Crippen MR) is 257 cm³/mol. The van der Waals surface area contributed by atoms with Crippen molar-refractivity contribution in [3.63, 3.8) is 0 Å². The molecule has 0 unspecified atom stereocenters. The Morgan fingerprint density at radius 2 is 1.44 bits per heavy atom. The van der Waals surface area contributed by atoms with Gasteiger partial charge in [-0.15, -0.1) is 29.3 Å². The molecule has 0 fully saturated rings. The van der Waals surface area contributed by atoms with Gasteiger partial charge in [0.25, 0.3) is 0 Å². The van der Waals surface area contributed by atoms with E-state index in [9.17, 15) is 5.11 Å². The first-order valence-electron chi connectivity index (χ1n) is 23.1. The van der Waals surface area contributed by atoms with E-state index in [0.29, 0.717) is 22.9 Å². The van der Waals surface area contributed by atoms with E-state index in [2.05, 4.69) is 164 Å².